The molecule has 1 amide bonds. The highest BCUT2D eigenvalue weighted by Crippen LogP contribution is 2.15. The summed E-state index contributed by atoms with van der Waals surface area (Å²) in [6, 6.07) is 5.16. The summed E-state index contributed by atoms with van der Waals surface area (Å²) in [5, 5.41) is 28.9. The lowest BCUT2D eigenvalue weighted by Crippen LogP contribution is -2.53. The first-order valence-corrected chi connectivity index (χ1v) is 6.11. The molecule has 0 atom stereocenters. The lowest BCUT2D eigenvalue weighted by molar-refractivity contribution is 0.0653. The minimum absolute atomic E-state index is 0.307. The van der Waals surface area contributed by atoms with Gasteiger partial charge in [0.25, 0.3) is 5.91 Å². The average Bonchev–Trinajstić information content (AvgIpc) is 2.92. The Morgan fingerprint density at radius 3 is 2.79 bits per heavy atom. The fourth-order valence-corrected chi connectivity index (χ4v) is 1.83. The Balaban J connectivity index is 2.23. The van der Waals surface area contributed by atoms with E-state index in [1.165, 1.54) is 0 Å². The van der Waals surface area contributed by atoms with Crippen LogP contribution in [0.25, 0.3) is 10.9 Å². The molecule has 2 rings (SSSR count). The van der Waals surface area contributed by atoms with Crippen LogP contribution in [0.15, 0.2) is 24.4 Å². The van der Waals surface area contributed by atoms with Gasteiger partial charge in [0.15, 0.2) is 0 Å². The first kappa shape index (κ1) is 13.5. The van der Waals surface area contributed by atoms with E-state index in [-0.39, 0.29) is 19.1 Å². The van der Waals surface area contributed by atoms with Crippen LogP contribution in [0, 0.1) is 0 Å². The number of benzene rings is 1. The van der Waals surface area contributed by atoms with Gasteiger partial charge in [0.2, 0.25) is 0 Å². The molecule has 0 unspecified atom stereocenters. The summed E-state index contributed by atoms with van der Waals surface area (Å²) in [7, 11) is 0. The fraction of sp³-hybridized carbons (Fsp3) is 0.385. The van der Waals surface area contributed by atoms with Crippen LogP contribution in [0.1, 0.15) is 23.7 Å². The molecular weight excluding hydrogens is 246 g/mol. The predicted octanol–water partition coefficient (Wildman–Crippen LogP) is 0.426. The molecule has 1 aromatic heterocycles. The van der Waals surface area contributed by atoms with E-state index in [1.54, 1.807) is 31.3 Å². The number of rotatable bonds is 5. The highest BCUT2D eigenvalue weighted by atomic mass is 16.3. The smallest absolute Gasteiger partial charge is 0.251 e. The highest BCUT2D eigenvalue weighted by Gasteiger charge is 2.28. The van der Waals surface area contributed by atoms with Crippen LogP contribution in [-0.4, -0.2) is 45.1 Å². The van der Waals surface area contributed by atoms with E-state index < -0.39 is 5.54 Å². The van der Waals surface area contributed by atoms with Gasteiger partial charge in [-0.05, 0) is 18.6 Å². The van der Waals surface area contributed by atoms with Crippen LogP contribution < -0.4 is 5.32 Å². The number of carbonyl (C=O) groups is 1. The second kappa shape index (κ2) is 5.38. The molecule has 0 saturated carbocycles. The third-order valence-corrected chi connectivity index (χ3v) is 3.36. The van der Waals surface area contributed by atoms with E-state index in [1.807, 2.05) is 0 Å². The van der Waals surface area contributed by atoms with Gasteiger partial charge in [-0.15, -0.1) is 0 Å². The van der Waals surface area contributed by atoms with Crippen molar-refractivity contribution < 1.29 is 15.0 Å². The molecule has 0 bridgehead atoms. The standard InChI is InChI=1S/C13H17N3O3/c1-2-13(7-17,8-18)15-12(19)9-3-4-10-6-14-16-11(10)5-9/h3-6,17-18H,2,7-8H2,1H3,(H,14,16)(H,15,19). The maximum absolute atomic E-state index is 12.1. The SMILES string of the molecule is CCC(CO)(CO)NC(=O)c1ccc2cn[nH]c2c1. The molecule has 2 aromatic rings. The quantitative estimate of drug-likeness (QED) is 0.628. The third kappa shape index (κ3) is 2.59. The van der Waals surface area contributed by atoms with Gasteiger partial charge in [-0.2, -0.15) is 5.10 Å². The second-order valence-electron chi connectivity index (χ2n) is 4.58. The van der Waals surface area contributed by atoms with E-state index in [9.17, 15) is 15.0 Å². The second-order valence-corrected chi connectivity index (χ2v) is 4.58. The van der Waals surface area contributed by atoms with E-state index in [0.717, 1.165) is 10.9 Å². The van der Waals surface area contributed by atoms with Crippen molar-refractivity contribution in [2.24, 2.45) is 0 Å². The molecule has 0 radical (unpaired) electrons. The van der Waals surface area contributed by atoms with Crippen LogP contribution >= 0.6 is 0 Å². The Morgan fingerprint density at radius 2 is 2.16 bits per heavy atom. The lowest BCUT2D eigenvalue weighted by Gasteiger charge is -2.29. The van der Waals surface area contributed by atoms with Crippen LogP contribution in [0.2, 0.25) is 0 Å². The van der Waals surface area contributed by atoms with Crippen molar-refractivity contribution in [3.63, 3.8) is 0 Å². The first-order valence-electron chi connectivity index (χ1n) is 6.11. The van der Waals surface area contributed by atoms with Gasteiger partial charge in [-0.3, -0.25) is 9.89 Å². The monoisotopic (exact) mass is 263 g/mol. The van der Waals surface area contributed by atoms with Gasteiger partial charge >= 0.3 is 0 Å². The number of hydrogen-bond acceptors (Lipinski definition) is 4. The summed E-state index contributed by atoms with van der Waals surface area (Å²) in [6.07, 6.45) is 2.12. The van der Waals surface area contributed by atoms with Crippen molar-refractivity contribution in [3.05, 3.63) is 30.0 Å². The van der Waals surface area contributed by atoms with E-state index >= 15 is 0 Å². The zero-order valence-electron chi connectivity index (χ0n) is 10.7. The van der Waals surface area contributed by atoms with Crippen molar-refractivity contribution in [2.45, 2.75) is 18.9 Å². The number of aromatic amines is 1. The molecule has 0 fully saturated rings. The minimum Gasteiger partial charge on any atom is -0.394 e. The number of carbonyl (C=O) groups excluding carboxylic acids is 1. The summed E-state index contributed by atoms with van der Waals surface area (Å²) < 4.78 is 0. The Morgan fingerprint density at radius 1 is 1.42 bits per heavy atom. The fourth-order valence-electron chi connectivity index (χ4n) is 1.83. The lowest BCUT2D eigenvalue weighted by atomic mass is 9.97. The number of aliphatic hydroxyl groups excluding tert-OH is 2. The molecule has 0 saturated heterocycles. The number of aliphatic hydroxyl groups is 2. The average molecular weight is 263 g/mol. The molecule has 1 heterocycles. The number of amides is 1. The Bertz CT molecular complexity index is 567. The van der Waals surface area contributed by atoms with Gasteiger partial charge < -0.3 is 15.5 Å². The molecule has 0 aliphatic heterocycles. The number of H-pyrrole nitrogens is 1. The molecular formula is C13H17N3O3. The molecule has 19 heavy (non-hydrogen) atoms. The van der Waals surface area contributed by atoms with Gasteiger partial charge in [-0.25, -0.2) is 0 Å². The van der Waals surface area contributed by atoms with Gasteiger partial charge in [0, 0.05) is 10.9 Å². The Labute approximate surface area is 110 Å². The summed E-state index contributed by atoms with van der Waals surface area (Å²) in [6.45, 7) is 1.18. The molecule has 0 spiro atoms. The van der Waals surface area contributed by atoms with Crippen molar-refractivity contribution in [1.82, 2.24) is 15.5 Å². The Kier molecular flexibility index (Phi) is 3.82. The molecule has 1 aromatic carbocycles. The Hall–Kier alpha value is -1.92. The highest BCUT2D eigenvalue weighted by molar-refractivity contribution is 5.98. The van der Waals surface area contributed by atoms with Crippen LogP contribution in [0.3, 0.4) is 0 Å². The maximum Gasteiger partial charge on any atom is 0.251 e. The van der Waals surface area contributed by atoms with Crippen LogP contribution in [-0.2, 0) is 0 Å². The van der Waals surface area contributed by atoms with Crippen LogP contribution in [0.5, 0.6) is 0 Å². The zero-order valence-corrected chi connectivity index (χ0v) is 10.7. The molecule has 0 aliphatic carbocycles. The van der Waals surface area contributed by atoms with E-state index in [0.29, 0.717) is 12.0 Å². The third-order valence-electron chi connectivity index (χ3n) is 3.36. The largest absolute Gasteiger partial charge is 0.394 e. The predicted molar refractivity (Wildman–Crippen MR) is 70.8 cm³/mol. The summed E-state index contributed by atoms with van der Waals surface area (Å²) >= 11 is 0. The van der Waals surface area contributed by atoms with E-state index in [2.05, 4.69) is 15.5 Å². The molecule has 102 valence electrons. The normalized spacial score (nSPS) is 11.7. The van der Waals surface area contributed by atoms with E-state index in [4.69, 9.17) is 0 Å². The number of hydrogen-bond donors (Lipinski definition) is 4. The first-order chi connectivity index (χ1) is 9.14. The topological polar surface area (TPSA) is 98.2 Å². The summed E-state index contributed by atoms with van der Waals surface area (Å²) in [4.78, 5) is 12.1. The maximum atomic E-state index is 12.1. The molecule has 6 nitrogen and oxygen atoms in total. The summed E-state index contributed by atoms with van der Waals surface area (Å²) in [5.41, 5.74) is 0.235. The molecule has 4 N–H and O–H groups in total. The summed E-state index contributed by atoms with van der Waals surface area (Å²) in [5.74, 6) is -0.332. The van der Waals surface area contributed by atoms with Crippen molar-refractivity contribution in [3.8, 4) is 0 Å². The molecule has 0 aliphatic rings. The van der Waals surface area contributed by atoms with Crippen molar-refractivity contribution in [1.29, 1.82) is 0 Å². The number of nitrogens with zero attached hydrogens (tertiary/aromatic N) is 1. The van der Waals surface area contributed by atoms with Crippen LogP contribution in [0.4, 0.5) is 0 Å². The van der Waals surface area contributed by atoms with Gasteiger partial charge in [0.1, 0.15) is 0 Å². The molecule has 6 heteroatoms. The minimum atomic E-state index is -0.986. The number of aromatic nitrogens is 2. The van der Waals surface area contributed by atoms with Gasteiger partial charge in [0.05, 0.1) is 30.5 Å². The zero-order chi connectivity index (χ0) is 13.9. The van der Waals surface area contributed by atoms with Crippen molar-refractivity contribution in [2.75, 3.05) is 13.2 Å². The number of fused-ring (bicyclic) bond motifs is 1. The van der Waals surface area contributed by atoms with Gasteiger partial charge in [-0.1, -0.05) is 13.0 Å². The van der Waals surface area contributed by atoms with Crippen molar-refractivity contribution >= 4 is 16.8 Å². The number of nitrogens with one attached hydrogen (secondary N) is 2.